The number of aryl methyl sites for hydroxylation is 1. The number of methoxy groups -OCH3 is 1. The third-order valence-electron chi connectivity index (χ3n) is 4.38. The molecule has 0 spiro atoms. The van der Waals surface area contributed by atoms with Gasteiger partial charge in [-0.05, 0) is 38.5 Å². The number of carbonyl (C=O) groups is 4. The first-order valence-electron chi connectivity index (χ1n) is 8.86. The maximum atomic E-state index is 13.1. The minimum atomic E-state index is -1.66. The molecule has 0 saturated carbocycles. The summed E-state index contributed by atoms with van der Waals surface area (Å²) in [6, 6.07) is 3.48. The lowest BCUT2D eigenvalue weighted by atomic mass is 9.85. The van der Waals surface area contributed by atoms with Gasteiger partial charge in [-0.2, -0.15) is 0 Å². The molecule has 1 unspecified atom stereocenters. The molecule has 3 amide bonds. The van der Waals surface area contributed by atoms with Gasteiger partial charge < -0.3 is 14.8 Å². The van der Waals surface area contributed by atoms with Gasteiger partial charge in [-0.15, -0.1) is 0 Å². The average molecular weight is 390 g/mol. The van der Waals surface area contributed by atoms with Gasteiger partial charge in [-0.25, -0.2) is 9.69 Å². The van der Waals surface area contributed by atoms with Crippen molar-refractivity contribution in [3.8, 4) is 5.75 Å². The summed E-state index contributed by atoms with van der Waals surface area (Å²) < 4.78 is 10.3. The van der Waals surface area contributed by atoms with Crippen LogP contribution in [0.25, 0.3) is 0 Å². The molecule has 8 nitrogen and oxygen atoms in total. The smallest absolute Gasteiger partial charge is 0.418 e. The number of ketones is 1. The second-order valence-corrected chi connectivity index (χ2v) is 8.26. The van der Waals surface area contributed by atoms with Gasteiger partial charge >= 0.3 is 6.09 Å². The summed E-state index contributed by atoms with van der Waals surface area (Å²) >= 11 is 0. The van der Waals surface area contributed by atoms with Gasteiger partial charge in [0.15, 0.2) is 17.4 Å². The molecule has 28 heavy (non-hydrogen) atoms. The average Bonchev–Trinajstić information content (AvgIpc) is 2.76. The molecule has 0 bridgehead atoms. The van der Waals surface area contributed by atoms with E-state index >= 15 is 0 Å². The Labute approximate surface area is 164 Å². The molecular formula is C20H26N2O6. The molecule has 1 N–H and O–H groups in total. The Bertz CT molecular complexity index is 838. The standard InChI is InChI=1S/C20H26N2O6/c1-11-8-9-13(27-7)12(10-11)21-16(24)14(15(23)19(2,3)4)22-17(25)20(5,6)28-18(22)26/h8-10,14H,1-7H3,(H,21,24). The molecular weight excluding hydrogens is 364 g/mol. The monoisotopic (exact) mass is 390 g/mol. The number of imide groups is 1. The fourth-order valence-electron chi connectivity index (χ4n) is 2.79. The number of nitrogens with one attached hydrogen (secondary N) is 1. The quantitative estimate of drug-likeness (QED) is 0.776. The number of ether oxygens (including phenoxy) is 2. The molecule has 152 valence electrons. The van der Waals surface area contributed by atoms with Crippen LogP contribution in [0, 0.1) is 12.3 Å². The Morgan fingerprint density at radius 3 is 2.29 bits per heavy atom. The van der Waals surface area contributed by atoms with Crippen LogP contribution in [0.5, 0.6) is 5.75 Å². The second kappa shape index (κ2) is 7.26. The van der Waals surface area contributed by atoms with Gasteiger partial charge in [0.25, 0.3) is 11.8 Å². The van der Waals surface area contributed by atoms with E-state index in [9.17, 15) is 19.2 Å². The number of nitrogens with zero attached hydrogens (tertiary/aromatic N) is 1. The van der Waals surface area contributed by atoms with E-state index in [2.05, 4.69) is 5.32 Å². The number of rotatable bonds is 5. The summed E-state index contributed by atoms with van der Waals surface area (Å²) in [4.78, 5) is 51.7. The third kappa shape index (κ3) is 4.00. The molecule has 1 atom stereocenters. The topological polar surface area (TPSA) is 102 Å². The first-order valence-corrected chi connectivity index (χ1v) is 8.86. The lowest BCUT2D eigenvalue weighted by Gasteiger charge is -2.28. The van der Waals surface area contributed by atoms with E-state index in [1.54, 1.807) is 39.0 Å². The number of anilines is 1. The molecule has 1 aliphatic rings. The molecule has 1 saturated heterocycles. The Hall–Kier alpha value is -2.90. The van der Waals surface area contributed by atoms with Gasteiger partial charge in [-0.1, -0.05) is 26.8 Å². The van der Waals surface area contributed by atoms with Gasteiger partial charge in [0.2, 0.25) is 0 Å². The summed E-state index contributed by atoms with van der Waals surface area (Å²) in [7, 11) is 1.45. The summed E-state index contributed by atoms with van der Waals surface area (Å²) in [5.74, 6) is -1.76. The fourth-order valence-corrected chi connectivity index (χ4v) is 2.79. The van der Waals surface area contributed by atoms with E-state index in [0.717, 1.165) is 5.56 Å². The Morgan fingerprint density at radius 2 is 1.82 bits per heavy atom. The van der Waals surface area contributed by atoms with Crippen molar-refractivity contribution in [2.45, 2.75) is 53.2 Å². The minimum Gasteiger partial charge on any atom is -0.495 e. The Morgan fingerprint density at radius 1 is 1.21 bits per heavy atom. The highest BCUT2D eigenvalue weighted by Gasteiger charge is 2.55. The van der Waals surface area contributed by atoms with Gasteiger partial charge in [0, 0.05) is 5.41 Å². The Kier molecular flexibility index (Phi) is 5.55. The largest absolute Gasteiger partial charge is 0.495 e. The van der Waals surface area contributed by atoms with Gasteiger partial charge in [0.05, 0.1) is 12.8 Å². The molecule has 1 aromatic carbocycles. The summed E-state index contributed by atoms with van der Waals surface area (Å²) in [5.41, 5.74) is -1.24. The zero-order chi connectivity index (χ0) is 21.4. The maximum absolute atomic E-state index is 13.1. The van der Waals surface area contributed by atoms with E-state index in [1.165, 1.54) is 21.0 Å². The SMILES string of the molecule is COc1ccc(C)cc1NC(=O)C(C(=O)C(C)(C)C)N1C(=O)OC(C)(C)C1=O. The van der Waals surface area contributed by atoms with Crippen molar-refractivity contribution in [2.75, 3.05) is 12.4 Å². The third-order valence-corrected chi connectivity index (χ3v) is 4.38. The van der Waals surface area contributed by atoms with Gasteiger partial charge in [-0.3, -0.25) is 14.4 Å². The fraction of sp³-hybridized carbons (Fsp3) is 0.500. The highest BCUT2D eigenvalue weighted by atomic mass is 16.6. The highest BCUT2D eigenvalue weighted by molar-refractivity contribution is 6.19. The van der Waals surface area contributed by atoms with Crippen molar-refractivity contribution in [1.82, 2.24) is 4.90 Å². The number of benzene rings is 1. The highest BCUT2D eigenvalue weighted by Crippen LogP contribution is 2.31. The maximum Gasteiger partial charge on any atom is 0.418 e. The second-order valence-electron chi connectivity index (χ2n) is 8.26. The number of hydrogen-bond acceptors (Lipinski definition) is 6. The van der Waals surface area contributed by atoms with Crippen molar-refractivity contribution in [3.63, 3.8) is 0 Å². The number of amides is 3. The van der Waals surface area contributed by atoms with Gasteiger partial charge in [0.1, 0.15) is 5.75 Å². The zero-order valence-corrected chi connectivity index (χ0v) is 17.2. The van der Waals surface area contributed by atoms with Crippen molar-refractivity contribution >= 4 is 29.4 Å². The van der Waals surface area contributed by atoms with E-state index in [1.807, 2.05) is 6.92 Å². The predicted octanol–water partition coefficient (Wildman–Crippen LogP) is 2.68. The minimum absolute atomic E-state index is 0.332. The molecule has 1 aliphatic heterocycles. The number of hydrogen-bond donors (Lipinski definition) is 1. The van der Waals surface area contributed by atoms with Crippen LogP contribution >= 0.6 is 0 Å². The van der Waals surface area contributed by atoms with Crippen LogP contribution in [-0.2, 0) is 19.1 Å². The molecule has 1 aromatic rings. The molecule has 8 heteroatoms. The van der Waals surface area contributed by atoms with E-state index in [0.29, 0.717) is 16.3 Å². The van der Waals surface area contributed by atoms with Crippen LogP contribution in [0.4, 0.5) is 10.5 Å². The van der Waals surface area contributed by atoms with Crippen LogP contribution in [0.3, 0.4) is 0 Å². The molecule has 0 aromatic heterocycles. The first kappa shape index (κ1) is 21.4. The number of Topliss-reactive ketones (excluding diaryl/α,β-unsaturated/α-hetero) is 1. The van der Waals surface area contributed by atoms with E-state index < -0.39 is 40.7 Å². The van der Waals surface area contributed by atoms with Crippen LogP contribution in [-0.4, -0.2) is 47.3 Å². The predicted molar refractivity (Wildman–Crippen MR) is 102 cm³/mol. The zero-order valence-electron chi connectivity index (χ0n) is 17.2. The van der Waals surface area contributed by atoms with Crippen LogP contribution in [0.1, 0.15) is 40.2 Å². The lowest BCUT2D eigenvalue weighted by Crippen LogP contribution is -2.55. The molecule has 1 heterocycles. The van der Waals surface area contributed by atoms with Crippen LogP contribution < -0.4 is 10.1 Å². The van der Waals surface area contributed by atoms with Crippen LogP contribution in [0.2, 0.25) is 0 Å². The van der Waals surface area contributed by atoms with Crippen molar-refractivity contribution in [3.05, 3.63) is 23.8 Å². The van der Waals surface area contributed by atoms with E-state index in [-0.39, 0.29) is 0 Å². The molecule has 2 rings (SSSR count). The normalized spacial score (nSPS) is 17.2. The van der Waals surface area contributed by atoms with Crippen molar-refractivity contribution in [2.24, 2.45) is 5.41 Å². The summed E-state index contributed by atoms with van der Waals surface area (Å²) in [6.07, 6.45) is -1.02. The van der Waals surface area contributed by atoms with E-state index in [4.69, 9.17) is 9.47 Å². The Balaban J connectivity index is 2.47. The summed E-state index contributed by atoms with van der Waals surface area (Å²) in [6.45, 7) is 9.48. The lowest BCUT2D eigenvalue weighted by molar-refractivity contribution is -0.145. The van der Waals surface area contributed by atoms with Crippen molar-refractivity contribution in [1.29, 1.82) is 0 Å². The number of cyclic esters (lactones) is 1. The van der Waals surface area contributed by atoms with Crippen molar-refractivity contribution < 1.29 is 28.7 Å². The molecule has 1 fully saturated rings. The molecule has 0 aliphatic carbocycles. The first-order chi connectivity index (χ1) is 12.8. The number of carbonyl (C=O) groups excluding carboxylic acids is 4. The summed E-state index contributed by atoms with van der Waals surface area (Å²) in [5, 5.41) is 2.61. The van der Waals surface area contributed by atoms with Crippen LogP contribution in [0.15, 0.2) is 18.2 Å². The molecule has 0 radical (unpaired) electrons.